The fourth-order valence-corrected chi connectivity index (χ4v) is 2.17. The largest absolute Gasteiger partial charge is 0.492 e. The summed E-state index contributed by atoms with van der Waals surface area (Å²) in [4.78, 5) is 19.9. The van der Waals surface area contributed by atoms with Crippen LogP contribution in [0.4, 0.5) is 0 Å². The summed E-state index contributed by atoms with van der Waals surface area (Å²) in [5.74, 6) is 1.61. The third kappa shape index (κ3) is 5.01. The second kappa shape index (κ2) is 8.25. The number of H-pyrrole nitrogens is 1. The quantitative estimate of drug-likeness (QED) is 0.584. The van der Waals surface area contributed by atoms with Gasteiger partial charge in [0.1, 0.15) is 18.7 Å². The zero-order valence-electron chi connectivity index (χ0n) is 13.1. The van der Waals surface area contributed by atoms with Gasteiger partial charge in [-0.2, -0.15) is 10.1 Å². The number of aromatic nitrogens is 5. The average molecular weight is 363 g/mol. The molecular weight excluding hydrogens is 348 g/mol. The number of carbonyl (C=O) groups excluding carboxylic acids is 1. The number of ether oxygens (including phenoxy) is 1. The van der Waals surface area contributed by atoms with Crippen LogP contribution in [0.2, 0.25) is 5.02 Å². The number of aryl methyl sites for hydroxylation is 1. The first-order chi connectivity index (χ1) is 12.2. The summed E-state index contributed by atoms with van der Waals surface area (Å²) in [6, 6.07) is 7.08. The van der Waals surface area contributed by atoms with E-state index in [0.717, 1.165) is 0 Å². The van der Waals surface area contributed by atoms with Crippen molar-refractivity contribution in [3.63, 3.8) is 0 Å². The molecule has 3 rings (SSSR count). The molecule has 2 aromatic heterocycles. The highest BCUT2D eigenvalue weighted by Gasteiger charge is 2.12. The molecule has 2 heterocycles. The molecule has 0 aliphatic rings. The van der Waals surface area contributed by atoms with Crippen LogP contribution in [0.15, 0.2) is 35.1 Å². The van der Waals surface area contributed by atoms with Gasteiger partial charge in [-0.15, -0.1) is 0 Å². The zero-order chi connectivity index (χ0) is 17.5. The predicted octanol–water partition coefficient (Wildman–Crippen LogP) is 1.64. The van der Waals surface area contributed by atoms with Gasteiger partial charge < -0.3 is 14.6 Å². The lowest BCUT2D eigenvalue weighted by Crippen LogP contribution is -2.28. The van der Waals surface area contributed by atoms with E-state index in [9.17, 15) is 4.79 Å². The van der Waals surface area contributed by atoms with Gasteiger partial charge in [-0.05, 0) is 18.2 Å². The minimum Gasteiger partial charge on any atom is -0.492 e. The van der Waals surface area contributed by atoms with Gasteiger partial charge in [0, 0.05) is 17.9 Å². The summed E-state index contributed by atoms with van der Waals surface area (Å²) in [5, 5.41) is 13.5. The third-order valence-electron chi connectivity index (χ3n) is 3.15. The summed E-state index contributed by atoms with van der Waals surface area (Å²) in [6.45, 7) is 0.737. The van der Waals surface area contributed by atoms with Gasteiger partial charge in [0.25, 0.3) is 0 Å². The lowest BCUT2D eigenvalue weighted by molar-refractivity contribution is -0.121. The molecule has 0 spiro atoms. The molecule has 0 saturated carbocycles. The lowest BCUT2D eigenvalue weighted by atomic mass is 10.3. The Morgan fingerprint density at radius 2 is 2.32 bits per heavy atom. The van der Waals surface area contributed by atoms with Crippen LogP contribution in [0, 0.1) is 0 Å². The summed E-state index contributed by atoms with van der Waals surface area (Å²) in [7, 11) is 0. The third-order valence-corrected chi connectivity index (χ3v) is 3.38. The van der Waals surface area contributed by atoms with E-state index in [2.05, 4.69) is 30.6 Å². The highest BCUT2D eigenvalue weighted by Crippen LogP contribution is 2.16. The normalized spacial score (nSPS) is 10.6. The fourth-order valence-electron chi connectivity index (χ4n) is 1.99. The van der Waals surface area contributed by atoms with Gasteiger partial charge in [-0.3, -0.25) is 9.89 Å². The van der Waals surface area contributed by atoms with Crippen molar-refractivity contribution in [2.75, 3.05) is 13.2 Å². The lowest BCUT2D eigenvalue weighted by Gasteiger charge is -2.07. The van der Waals surface area contributed by atoms with E-state index in [4.69, 9.17) is 20.9 Å². The first kappa shape index (κ1) is 16.9. The Morgan fingerprint density at radius 3 is 3.12 bits per heavy atom. The molecule has 0 saturated heterocycles. The van der Waals surface area contributed by atoms with E-state index in [-0.39, 0.29) is 12.3 Å². The number of nitrogens with one attached hydrogen (secondary N) is 2. The molecule has 9 nitrogen and oxygen atoms in total. The Labute approximate surface area is 147 Å². The maximum Gasteiger partial charge on any atom is 0.239 e. The number of hydrogen-bond acceptors (Lipinski definition) is 7. The number of amides is 1. The molecule has 0 radical (unpaired) electrons. The molecule has 0 aliphatic heterocycles. The number of rotatable bonds is 8. The first-order valence-electron chi connectivity index (χ1n) is 7.54. The molecule has 0 unspecified atom stereocenters. The number of aromatic amines is 1. The molecule has 130 valence electrons. The van der Waals surface area contributed by atoms with Crippen LogP contribution < -0.4 is 10.1 Å². The topological polar surface area (TPSA) is 119 Å². The fraction of sp³-hybridized carbons (Fsp3) is 0.267. The Hall–Kier alpha value is -2.94. The zero-order valence-corrected chi connectivity index (χ0v) is 13.9. The van der Waals surface area contributed by atoms with Crippen molar-refractivity contribution in [3.05, 3.63) is 41.5 Å². The van der Waals surface area contributed by atoms with Crippen molar-refractivity contribution in [2.45, 2.75) is 12.8 Å². The Morgan fingerprint density at radius 1 is 1.40 bits per heavy atom. The van der Waals surface area contributed by atoms with E-state index >= 15 is 0 Å². The molecule has 0 fully saturated rings. The monoisotopic (exact) mass is 362 g/mol. The van der Waals surface area contributed by atoms with E-state index in [1.54, 1.807) is 24.3 Å². The molecule has 0 aliphatic carbocycles. The Bertz CT molecular complexity index is 820. The van der Waals surface area contributed by atoms with E-state index in [1.807, 2.05) is 0 Å². The molecule has 0 atom stereocenters. The SMILES string of the molecule is O=C(CCc1nc(-c2ncn[nH]2)no1)NCCOc1cccc(Cl)c1. The smallest absolute Gasteiger partial charge is 0.239 e. The summed E-state index contributed by atoms with van der Waals surface area (Å²) in [6.07, 6.45) is 1.92. The predicted molar refractivity (Wildman–Crippen MR) is 88.0 cm³/mol. The summed E-state index contributed by atoms with van der Waals surface area (Å²) in [5.41, 5.74) is 0. The van der Waals surface area contributed by atoms with Crippen LogP contribution in [0.5, 0.6) is 5.75 Å². The molecule has 2 N–H and O–H groups in total. The number of nitrogens with zero attached hydrogens (tertiary/aromatic N) is 4. The van der Waals surface area contributed by atoms with Crippen LogP contribution in [0.1, 0.15) is 12.3 Å². The maximum atomic E-state index is 11.8. The van der Waals surface area contributed by atoms with Crippen molar-refractivity contribution < 1.29 is 14.1 Å². The molecular formula is C15H15ClN6O3. The van der Waals surface area contributed by atoms with Gasteiger partial charge in [-0.1, -0.05) is 22.8 Å². The number of halogens is 1. The van der Waals surface area contributed by atoms with Gasteiger partial charge in [0.05, 0.1) is 6.54 Å². The summed E-state index contributed by atoms with van der Waals surface area (Å²) >= 11 is 5.86. The molecule has 1 aromatic carbocycles. The van der Waals surface area contributed by atoms with Crippen molar-refractivity contribution in [1.82, 2.24) is 30.6 Å². The maximum absolute atomic E-state index is 11.8. The standard InChI is InChI=1S/C15H15ClN6O3/c16-10-2-1-3-11(8-10)24-7-6-17-12(23)4-5-13-20-15(22-25-13)14-18-9-19-21-14/h1-3,8-9H,4-7H2,(H,17,23)(H,18,19,21). The Kier molecular flexibility index (Phi) is 5.57. The van der Waals surface area contributed by atoms with Gasteiger partial charge >= 0.3 is 0 Å². The number of benzene rings is 1. The highest BCUT2D eigenvalue weighted by atomic mass is 35.5. The van der Waals surface area contributed by atoms with Gasteiger partial charge in [0.2, 0.25) is 17.6 Å². The molecule has 25 heavy (non-hydrogen) atoms. The molecule has 10 heteroatoms. The van der Waals surface area contributed by atoms with Crippen molar-refractivity contribution in [1.29, 1.82) is 0 Å². The molecule has 3 aromatic rings. The summed E-state index contributed by atoms with van der Waals surface area (Å²) < 4.78 is 10.6. The number of carbonyl (C=O) groups is 1. The van der Waals surface area contributed by atoms with E-state index in [0.29, 0.717) is 47.9 Å². The van der Waals surface area contributed by atoms with Gasteiger partial charge in [0.15, 0.2) is 5.82 Å². The van der Waals surface area contributed by atoms with Gasteiger partial charge in [-0.25, -0.2) is 4.98 Å². The van der Waals surface area contributed by atoms with Crippen molar-refractivity contribution >= 4 is 17.5 Å². The number of hydrogen-bond donors (Lipinski definition) is 2. The van der Waals surface area contributed by atoms with Crippen molar-refractivity contribution in [2.24, 2.45) is 0 Å². The van der Waals surface area contributed by atoms with Crippen LogP contribution in [0.25, 0.3) is 11.6 Å². The molecule has 1 amide bonds. The van der Waals surface area contributed by atoms with E-state index < -0.39 is 0 Å². The molecule has 0 bridgehead atoms. The van der Waals surface area contributed by atoms with Crippen molar-refractivity contribution in [3.8, 4) is 17.4 Å². The van der Waals surface area contributed by atoms with Crippen LogP contribution in [-0.2, 0) is 11.2 Å². The van der Waals surface area contributed by atoms with Crippen LogP contribution >= 0.6 is 11.6 Å². The Balaban J connectivity index is 1.35. The first-order valence-corrected chi connectivity index (χ1v) is 7.92. The average Bonchev–Trinajstić information content (AvgIpc) is 3.28. The van der Waals surface area contributed by atoms with Crippen LogP contribution in [-0.4, -0.2) is 44.4 Å². The minimum absolute atomic E-state index is 0.130. The minimum atomic E-state index is -0.130. The second-order valence-electron chi connectivity index (χ2n) is 5.00. The second-order valence-corrected chi connectivity index (χ2v) is 5.44. The highest BCUT2D eigenvalue weighted by molar-refractivity contribution is 6.30. The van der Waals surface area contributed by atoms with E-state index in [1.165, 1.54) is 6.33 Å². The van der Waals surface area contributed by atoms with Crippen LogP contribution in [0.3, 0.4) is 0 Å².